The first kappa shape index (κ1) is 14.4. The van der Waals surface area contributed by atoms with Crippen molar-refractivity contribution >= 4 is 44.8 Å². The Hall–Kier alpha value is -1.59. The van der Waals surface area contributed by atoms with E-state index in [0.29, 0.717) is 22.5 Å². The predicted octanol–water partition coefficient (Wildman–Crippen LogP) is 4.35. The standard InChI is InChI=1S/C15H11BrClFN2O/c16-11-5-10(18)2-1-8(11)7-19-14-3-9-4-15(21)20-13(9)6-12(14)17/h1-3,5-6,19H,4,7H2,(H,20,21). The van der Waals surface area contributed by atoms with Gasteiger partial charge in [-0.05, 0) is 35.4 Å². The second-order valence-corrected chi connectivity index (χ2v) is 6.06. The zero-order chi connectivity index (χ0) is 15.0. The molecule has 3 nitrogen and oxygen atoms in total. The fraction of sp³-hybridized carbons (Fsp3) is 0.133. The molecule has 0 unspecified atom stereocenters. The zero-order valence-electron chi connectivity index (χ0n) is 10.8. The van der Waals surface area contributed by atoms with Gasteiger partial charge in [-0.25, -0.2) is 4.39 Å². The summed E-state index contributed by atoms with van der Waals surface area (Å²) < 4.78 is 13.7. The molecule has 3 rings (SSSR count). The van der Waals surface area contributed by atoms with Crippen LogP contribution in [0.5, 0.6) is 0 Å². The van der Waals surface area contributed by atoms with Crippen molar-refractivity contribution < 1.29 is 9.18 Å². The van der Waals surface area contributed by atoms with E-state index >= 15 is 0 Å². The number of hydrogen-bond acceptors (Lipinski definition) is 2. The molecule has 6 heteroatoms. The summed E-state index contributed by atoms with van der Waals surface area (Å²) in [5, 5.41) is 6.50. The van der Waals surface area contributed by atoms with Crippen molar-refractivity contribution in [3.05, 3.63) is 56.8 Å². The van der Waals surface area contributed by atoms with Crippen LogP contribution in [0.25, 0.3) is 0 Å². The summed E-state index contributed by atoms with van der Waals surface area (Å²) in [6, 6.07) is 8.15. The Bertz CT molecular complexity index is 736. The Kier molecular flexibility index (Phi) is 3.87. The molecule has 2 aromatic carbocycles. The lowest BCUT2D eigenvalue weighted by atomic mass is 10.1. The maximum Gasteiger partial charge on any atom is 0.228 e. The molecule has 1 aliphatic rings. The molecule has 0 spiro atoms. The third-order valence-corrected chi connectivity index (χ3v) is 4.35. The van der Waals surface area contributed by atoms with Gasteiger partial charge in [-0.15, -0.1) is 0 Å². The van der Waals surface area contributed by atoms with Gasteiger partial charge in [0.25, 0.3) is 0 Å². The minimum atomic E-state index is -0.286. The number of fused-ring (bicyclic) bond motifs is 1. The first-order valence-corrected chi connectivity index (χ1v) is 7.50. The van der Waals surface area contributed by atoms with E-state index in [1.807, 2.05) is 6.07 Å². The topological polar surface area (TPSA) is 41.1 Å². The lowest BCUT2D eigenvalue weighted by Crippen LogP contribution is -2.03. The van der Waals surface area contributed by atoms with E-state index in [0.717, 1.165) is 22.5 Å². The number of benzene rings is 2. The Morgan fingerprint density at radius 3 is 2.90 bits per heavy atom. The Morgan fingerprint density at radius 1 is 1.33 bits per heavy atom. The summed E-state index contributed by atoms with van der Waals surface area (Å²) in [5.74, 6) is -0.315. The number of rotatable bonds is 3. The molecule has 1 amide bonds. The number of anilines is 2. The van der Waals surface area contributed by atoms with Crippen molar-refractivity contribution in [2.75, 3.05) is 10.6 Å². The van der Waals surface area contributed by atoms with Crippen molar-refractivity contribution in [1.82, 2.24) is 0 Å². The molecule has 1 heterocycles. The van der Waals surface area contributed by atoms with Gasteiger partial charge >= 0.3 is 0 Å². The quantitative estimate of drug-likeness (QED) is 0.844. The molecule has 0 aliphatic carbocycles. The van der Waals surface area contributed by atoms with Gasteiger partial charge in [0, 0.05) is 16.7 Å². The van der Waals surface area contributed by atoms with Crippen LogP contribution in [0.1, 0.15) is 11.1 Å². The molecule has 0 radical (unpaired) electrons. The Balaban J connectivity index is 1.79. The molecule has 0 saturated carbocycles. The van der Waals surface area contributed by atoms with Gasteiger partial charge in [-0.3, -0.25) is 4.79 Å². The Labute approximate surface area is 134 Å². The second-order valence-electron chi connectivity index (χ2n) is 4.80. The number of carbonyl (C=O) groups is 1. The van der Waals surface area contributed by atoms with Crippen LogP contribution in [0.15, 0.2) is 34.8 Å². The maximum absolute atomic E-state index is 13.1. The molecule has 0 saturated heterocycles. The van der Waals surface area contributed by atoms with E-state index in [-0.39, 0.29) is 11.7 Å². The van der Waals surface area contributed by atoms with Gasteiger partial charge in [0.15, 0.2) is 0 Å². The van der Waals surface area contributed by atoms with Crippen LogP contribution in [0.2, 0.25) is 5.02 Å². The molecular weight excluding hydrogens is 359 g/mol. The summed E-state index contributed by atoms with van der Waals surface area (Å²) in [6.07, 6.45) is 0.363. The molecule has 2 N–H and O–H groups in total. The van der Waals surface area contributed by atoms with Crippen LogP contribution < -0.4 is 10.6 Å². The third-order valence-electron chi connectivity index (χ3n) is 3.30. The van der Waals surface area contributed by atoms with Crippen LogP contribution in [0.3, 0.4) is 0 Å². The van der Waals surface area contributed by atoms with Gasteiger partial charge in [-0.2, -0.15) is 0 Å². The van der Waals surface area contributed by atoms with Gasteiger partial charge in [0.1, 0.15) is 5.82 Å². The smallest absolute Gasteiger partial charge is 0.228 e. The summed E-state index contributed by atoms with van der Waals surface area (Å²) in [7, 11) is 0. The fourth-order valence-electron chi connectivity index (χ4n) is 2.24. The van der Waals surface area contributed by atoms with Gasteiger partial charge < -0.3 is 10.6 Å². The van der Waals surface area contributed by atoms with Crippen molar-refractivity contribution in [1.29, 1.82) is 0 Å². The predicted molar refractivity (Wildman–Crippen MR) is 85.2 cm³/mol. The highest BCUT2D eigenvalue weighted by Crippen LogP contribution is 2.33. The van der Waals surface area contributed by atoms with Crippen molar-refractivity contribution in [2.45, 2.75) is 13.0 Å². The van der Waals surface area contributed by atoms with E-state index in [1.54, 1.807) is 12.1 Å². The lowest BCUT2D eigenvalue weighted by Gasteiger charge is -2.11. The molecule has 0 aromatic heterocycles. The lowest BCUT2D eigenvalue weighted by molar-refractivity contribution is -0.115. The number of amides is 1. The van der Waals surface area contributed by atoms with Gasteiger partial charge in [0.2, 0.25) is 5.91 Å². The molecular formula is C15H11BrClFN2O. The SMILES string of the molecule is O=C1Cc2cc(NCc3ccc(F)cc3Br)c(Cl)cc2N1. The minimum absolute atomic E-state index is 0.0282. The highest BCUT2D eigenvalue weighted by atomic mass is 79.9. The molecule has 0 fully saturated rings. The van der Waals surface area contributed by atoms with Crippen molar-refractivity contribution in [2.24, 2.45) is 0 Å². The van der Waals surface area contributed by atoms with E-state index in [4.69, 9.17) is 11.6 Å². The maximum atomic E-state index is 13.1. The first-order chi connectivity index (χ1) is 10.0. The monoisotopic (exact) mass is 368 g/mol. The van der Waals surface area contributed by atoms with Crippen LogP contribution >= 0.6 is 27.5 Å². The molecule has 2 aromatic rings. The number of halogens is 3. The second kappa shape index (κ2) is 5.66. The fourth-order valence-corrected chi connectivity index (χ4v) is 2.96. The van der Waals surface area contributed by atoms with Crippen LogP contribution in [0, 0.1) is 5.82 Å². The molecule has 0 atom stereocenters. The number of carbonyl (C=O) groups excluding carboxylic acids is 1. The third kappa shape index (κ3) is 3.04. The molecule has 1 aliphatic heterocycles. The summed E-state index contributed by atoms with van der Waals surface area (Å²) >= 11 is 9.53. The van der Waals surface area contributed by atoms with Crippen molar-refractivity contribution in [3.63, 3.8) is 0 Å². The van der Waals surface area contributed by atoms with Crippen LogP contribution in [-0.2, 0) is 17.8 Å². The number of hydrogen-bond donors (Lipinski definition) is 2. The normalized spacial score (nSPS) is 13.0. The highest BCUT2D eigenvalue weighted by molar-refractivity contribution is 9.10. The largest absolute Gasteiger partial charge is 0.380 e. The van der Waals surface area contributed by atoms with E-state index < -0.39 is 0 Å². The summed E-state index contributed by atoms with van der Waals surface area (Å²) in [5.41, 5.74) is 3.36. The average Bonchev–Trinajstić information content (AvgIpc) is 2.76. The van der Waals surface area contributed by atoms with E-state index in [1.165, 1.54) is 12.1 Å². The first-order valence-electron chi connectivity index (χ1n) is 6.33. The summed E-state index contributed by atoms with van der Waals surface area (Å²) in [6.45, 7) is 0.501. The van der Waals surface area contributed by atoms with Gasteiger partial charge in [-0.1, -0.05) is 33.6 Å². The average molecular weight is 370 g/mol. The molecule has 108 valence electrons. The van der Waals surface area contributed by atoms with Crippen LogP contribution in [0.4, 0.5) is 15.8 Å². The zero-order valence-corrected chi connectivity index (χ0v) is 13.2. The van der Waals surface area contributed by atoms with Gasteiger partial charge in [0.05, 0.1) is 17.1 Å². The van der Waals surface area contributed by atoms with E-state index in [9.17, 15) is 9.18 Å². The Morgan fingerprint density at radius 2 is 2.14 bits per heavy atom. The minimum Gasteiger partial charge on any atom is -0.380 e. The van der Waals surface area contributed by atoms with Crippen molar-refractivity contribution in [3.8, 4) is 0 Å². The highest BCUT2D eigenvalue weighted by Gasteiger charge is 2.19. The number of nitrogens with one attached hydrogen (secondary N) is 2. The molecule has 0 bridgehead atoms. The summed E-state index contributed by atoms with van der Waals surface area (Å²) in [4.78, 5) is 11.4. The van der Waals surface area contributed by atoms with E-state index in [2.05, 4.69) is 26.6 Å². The van der Waals surface area contributed by atoms with Crippen LogP contribution in [-0.4, -0.2) is 5.91 Å². The molecule has 21 heavy (non-hydrogen) atoms.